The molecule has 0 aromatic heterocycles. The molecular weight excluding hydrogens is 300 g/mol. The number of hydrogen-bond acceptors (Lipinski definition) is 2. The Kier molecular flexibility index (Phi) is 3.74. The van der Waals surface area contributed by atoms with Crippen molar-refractivity contribution in [3.63, 3.8) is 0 Å². The van der Waals surface area contributed by atoms with Gasteiger partial charge in [0, 0.05) is 0 Å². The van der Waals surface area contributed by atoms with E-state index < -0.39 is 46.1 Å². The van der Waals surface area contributed by atoms with Crippen LogP contribution in [0.3, 0.4) is 0 Å². The third kappa shape index (κ3) is 2.26. The lowest BCUT2D eigenvalue weighted by Gasteiger charge is -2.08. The summed E-state index contributed by atoms with van der Waals surface area (Å²) in [5.41, 5.74) is 0. The molecule has 88 valence electrons. The van der Waals surface area contributed by atoms with Gasteiger partial charge in [-0.05, 0) is 15.9 Å². The van der Waals surface area contributed by atoms with Crippen molar-refractivity contribution >= 4 is 21.9 Å². The quantitative estimate of drug-likeness (QED) is 0.530. The highest BCUT2D eigenvalue weighted by Gasteiger charge is 2.25. The van der Waals surface area contributed by atoms with Gasteiger partial charge in [0.2, 0.25) is 11.6 Å². The second-order valence-corrected chi connectivity index (χ2v) is 3.37. The van der Waals surface area contributed by atoms with E-state index in [0.29, 0.717) is 0 Å². The highest BCUT2D eigenvalue weighted by Crippen LogP contribution is 2.32. The van der Waals surface area contributed by atoms with E-state index in [9.17, 15) is 22.4 Å². The predicted molar refractivity (Wildman–Crippen MR) is 47.1 cm³/mol. The monoisotopic (exact) mass is 302 g/mol. The summed E-state index contributed by atoms with van der Waals surface area (Å²) in [4.78, 5) is 10.1. The Bertz CT molecular complexity index is 420. The number of benzene rings is 1. The fraction of sp³-hybridized carbons (Fsp3) is 0.125. The van der Waals surface area contributed by atoms with Gasteiger partial charge in [0.15, 0.2) is 24.0 Å². The molecule has 1 aromatic rings. The molecule has 0 bridgehead atoms. The summed E-state index contributed by atoms with van der Waals surface area (Å²) in [6.45, 7) is -1.12. The van der Waals surface area contributed by atoms with Crippen LogP contribution in [0.5, 0.6) is 5.75 Å². The SMILES string of the molecule is O=C(O)COc1c(F)c(F)c(Br)c(F)c1F. The molecule has 0 amide bonds. The molecule has 1 rings (SSSR count). The summed E-state index contributed by atoms with van der Waals surface area (Å²) in [6.07, 6.45) is 0. The summed E-state index contributed by atoms with van der Waals surface area (Å²) in [5.74, 6) is -9.93. The predicted octanol–water partition coefficient (Wildman–Crippen LogP) is 2.47. The van der Waals surface area contributed by atoms with Gasteiger partial charge in [0.25, 0.3) is 0 Å². The molecule has 0 aliphatic carbocycles. The summed E-state index contributed by atoms with van der Waals surface area (Å²) >= 11 is 2.29. The zero-order valence-corrected chi connectivity index (χ0v) is 8.95. The lowest BCUT2D eigenvalue weighted by molar-refractivity contribution is -0.139. The van der Waals surface area contributed by atoms with Gasteiger partial charge in [-0.25, -0.2) is 13.6 Å². The zero-order chi connectivity index (χ0) is 12.5. The third-order valence-corrected chi connectivity index (χ3v) is 2.21. The first-order valence-electron chi connectivity index (χ1n) is 3.72. The van der Waals surface area contributed by atoms with Crippen molar-refractivity contribution in [2.24, 2.45) is 0 Å². The number of hydrogen-bond donors (Lipinski definition) is 1. The fourth-order valence-corrected chi connectivity index (χ4v) is 1.19. The molecule has 1 N–H and O–H groups in total. The first-order valence-corrected chi connectivity index (χ1v) is 4.51. The van der Waals surface area contributed by atoms with Gasteiger partial charge in [0.05, 0.1) is 4.47 Å². The number of carbonyl (C=O) groups is 1. The number of carboxylic acid groups (broad SMARTS) is 1. The number of ether oxygens (including phenoxy) is 1. The van der Waals surface area contributed by atoms with Crippen molar-refractivity contribution < 1.29 is 32.2 Å². The van der Waals surface area contributed by atoms with Gasteiger partial charge < -0.3 is 9.84 Å². The molecule has 0 atom stereocenters. The largest absolute Gasteiger partial charge is 0.479 e. The lowest BCUT2D eigenvalue weighted by atomic mass is 10.3. The summed E-state index contributed by atoms with van der Waals surface area (Å²) in [5, 5.41) is 8.18. The van der Waals surface area contributed by atoms with Crippen LogP contribution >= 0.6 is 15.9 Å². The van der Waals surface area contributed by atoms with Crippen LogP contribution in [0.2, 0.25) is 0 Å². The first kappa shape index (κ1) is 12.8. The topological polar surface area (TPSA) is 46.5 Å². The smallest absolute Gasteiger partial charge is 0.341 e. The van der Waals surface area contributed by atoms with Crippen LogP contribution in [-0.4, -0.2) is 17.7 Å². The van der Waals surface area contributed by atoms with Crippen molar-refractivity contribution in [2.75, 3.05) is 6.61 Å². The molecule has 8 heteroatoms. The Labute approximate surface area is 94.8 Å². The van der Waals surface area contributed by atoms with E-state index in [2.05, 4.69) is 20.7 Å². The minimum atomic E-state index is -1.80. The molecule has 16 heavy (non-hydrogen) atoms. The molecule has 1 aromatic carbocycles. The van der Waals surface area contributed by atoms with E-state index in [0.717, 1.165) is 0 Å². The standard InChI is InChI=1S/C8H3BrF4O3/c9-3-4(10)6(12)8(7(13)5(3)11)16-1-2(14)15/h1H2,(H,14,15). The summed E-state index contributed by atoms with van der Waals surface area (Å²) < 4.78 is 54.9. The van der Waals surface area contributed by atoms with E-state index in [1.165, 1.54) is 0 Å². The van der Waals surface area contributed by atoms with E-state index in [4.69, 9.17) is 5.11 Å². The number of aliphatic carboxylic acids is 1. The zero-order valence-electron chi connectivity index (χ0n) is 7.36. The van der Waals surface area contributed by atoms with Crippen LogP contribution in [0.1, 0.15) is 0 Å². The van der Waals surface area contributed by atoms with E-state index in [1.54, 1.807) is 0 Å². The molecule has 0 fully saturated rings. The van der Waals surface area contributed by atoms with Gasteiger partial charge in [-0.1, -0.05) is 0 Å². The molecule has 0 heterocycles. The molecule has 0 saturated heterocycles. The Morgan fingerprint density at radius 3 is 1.94 bits per heavy atom. The normalized spacial score (nSPS) is 10.3. The van der Waals surface area contributed by atoms with Crippen LogP contribution in [0, 0.1) is 23.3 Å². The lowest BCUT2D eigenvalue weighted by Crippen LogP contribution is -2.13. The number of carboxylic acids is 1. The van der Waals surface area contributed by atoms with Crippen molar-refractivity contribution in [3.05, 3.63) is 27.7 Å². The van der Waals surface area contributed by atoms with E-state index in [-0.39, 0.29) is 0 Å². The second kappa shape index (κ2) is 4.69. The van der Waals surface area contributed by atoms with Crippen LogP contribution < -0.4 is 4.74 Å². The highest BCUT2D eigenvalue weighted by molar-refractivity contribution is 9.10. The van der Waals surface area contributed by atoms with Crippen molar-refractivity contribution in [3.8, 4) is 5.75 Å². The van der Waals surface area contributed by atoms with E-state index in [1.807, 2.05) is 0 Å². The maximum atomic E-state index is 13.0. The van der Waals surface area contributed by atoms with Crippen LogP contribution in [0.25, 0.3) is 0 Å². The van der Waals surface area contributed by atoms with Crippen molar-refractivity contribution in [1.29, 1.82) is 0 Å². The highest BCUT2D eigenvalue weighted by atomic mass is 79.9. The minimum absolute atomic E-state index is 1.02. The molecule has 0 saturated carbocycles. The molecule has 0 spiro atoms. The number of rotatable bonds is 3. The molecule has 0 aliphatic heterocycles. The Hall–Kier alpha value is -1.31. The number of halogens is 5. The van der Waals surface area contributed by atoms with Gasteiger partial charge in [0.1, 0.15) is 0 Å². The van der Waals surface area contributed by atoms with Crippen molar-refractivity contribution in [1.82, 2.24) is 0 Å². The molecule has 0 radical (unpaired) electrons. The molecular formula is C8H3BrF4O3. The average molecular weight is 303 g/mol. The van der Waals surface area contributed by atoms with Crippen LogP contribution in [0.15, 0.2) is 4.47 Å². The first-order chi connectivity index (χ1) is 7.36. The van der Waals surface area contributed by atoms with Gasteiger partial charge >= 0.3 is 5.97 Å². The Morgan fingerprint density at radius 2 is 1.56 bits per heavy atom. The Morgan fingerprint density at radius 1 is 1.12 bits per heavy atom. The Balaban J connectivity index is 3.23. The second-order valence-electron chi connectivity index (χ2n) is 2.58. The van der Waals surface area contributed by atoms with Gasteiger partial charge in [-0.2, -0.15) is 8.78 Å². The maximum Gasteiger partial charge on any atom is 0.341 e. The van der Waals surface area contributed by atoms with Crippen LogP contribution in [0.4, 0.5) is 17.6 Å². The summed E-state index contributed by atoms with van der Waals surface area (Å²) in [7, 11) is 0. The van der Waals surface area contributed by atoms with Gasteiger partial charge in [-0.3, -0.25) is 0 Å². The molecule has 0 aliphatic rings. The minimum Gasteiger partial charge on any atom is -0.479 e. The fourth-order valence-electron chi connectivity index (χ4n) is 0.845. The molecule has 0 unspecified atom stereocenters. The average Bonchev–Trinajstić information content (AvgIpc) is 2.23. The third-order valence-electron chi connectivity index (χ3n) is 1.51. The van der Waals surface area contributed by atoms with E-state index >= 15 is 0 Å². The molecule has 3 nitrogen and oxygen atoms in total. The summed E-state index contributed by atoms with van der Waals surface area (Å²) in [6, 6.07) is 0. The van der Waals surface area contributed by atoms with Gasteiger partial charge in [-0.15, -0.1) is 0 Å². The van der Waals surface area contributed by atoms with Crippen molar-refractivity contribution in [2.45, 2.75) is 0 Å². The maximum absolute atomic E-state index is 13.0. The van der Waals surface area contributed by atoms with Crippen LogP contribution in [-0.2, 0) is 4.79 Å².